The molecule has 3 aromatic heterocycles. The predicted molar refractivity (Wildman–Crippen MR) is 135 cm³/mol. The number of hydrogen-bond acceptors (Lipinski definition) is 6. The first-order valence-corrected chi connectivity index (χ1v) is 12.6. The number of aromatic nitrogens is 3. The Kier molecular flexibility index (Phi) is 6.53. The normalized spacial score (nSPS) is 20.3. The number of fused-ring (bicyclic) bond motifs is 2. The molecule has 0 spiro atoms. The van der Waals surface area contributed by atoms with Crippen LogP contribution >= 0.6 is 0 Å². The molecule has 0 unspecified atom stereocenters. The van der Waals surface area contributed by atoms with E-state index in [9.17, 15) is 5.26 Å². The molecule has 0 bridgehead atoms. The molecule has 0 N–H and O–H groups in total. The second-order valence-electron chi connectivity index (χ2n) is 9.87. The summed E-state index contributed by atoms with van der Waals surface area (Å²) in [5, 5.41) is 10.3. The maximum atomic E-state index is 10.3. The van der Waals surface area contributed by atoms with Crippen molar-refractivity contribution in [2.75, 3.05) is 38.6 Å². The van der Waals surface area contributed by atoms with Gasteiger partial charge in [0.2, 0.25) is 0 Å². The van der Waals surface area contributed by atoms with Crippen LogP contribution < -0.4 is 4.90 Å². The Balaban J connectivity index is 1.50. The summed E-state index contributed by atoms with van der Waals surface area (Å²) >= 11 is 0. The van der Waals surface area contributed by atoms with E-state index >= 15 is 0 Å². The quantitative estimate of drug-likeness (QED) is 0.534. The van der Waals surface area contributed by atoms with Gasteiger partial charge in [-0.15, -0.1) is 0 Å². The first-order chi connectivity index (χ1) is 16.6. The highest BCUT2D eigenvalue weighted by molar-refractivity contribution is 5.57. The van der Waals surface area contributed by atoms with Gasteiger partial charge in [-0.1, -0.05) is 19.1 Å². The zero-order valence-electron chi connectivity index (χ0n) is 20.6. The Bertz CT molecular complexity index is 1190. The zero-order valence-corrected chi connectivity index (χ0v) is 20.6. The lowest BCUT2D eigenvalue weighted by Crippen LogP contribution is -2.33. The molecule has 2 atom stereocenters. The average molecular weight is 458 g/mol. The molecule has 0 radical (unpaired) electrons. The summed E-state index contributed by atoms with van der Waals surface area (Å²) in [4.78, 5) is 16.9. The second-order valence-corrected chi connectivity index (χ2v) is 9.87. The SMILES string of the molecule is CCCN(Cc1nc2cccc(N3CC[C@@H](N(C)C)C3)n2c1C#N)[C@H]1CCCc2cccnc21. The van der Waals surface area contributed by atoms with Crippen molar-refractivity contribution in [3.05, 3.63) is 59.2 Å². The Hall–Kier alpha value is -2.95. The number of anilines is 1. The predicted octanol–water partition coefficient (Wildman–Crippen LogP) is 4.03. The molecular weight excluding hydrogens is 422 g/mol. The molecule has 178 valence electrons. The lowest BCUT2D eigenvalue weighted by Gasteiger charge is -2.34. The Morgan fingerprint density at radius 3 is 2.82 bits per heavy atom. The van der Waals surface area contributed by atoms with Crippen molar-refractivity contribution in [1.29, 1.82) is 5.26 Å². The standard InChI is InChI=1S/C27H35N7/c1-4-15-32(23-10-5-8-20-9-7-14-29-27(20)23)19-22-24(17-28)34-25(30-22)11-6-12-26(34)33-16-13-21(18-33)31(2)3/h6-7,9,11-12,14,21,23H,4-5,8,10,13,15-16,18-19H2,1-3H3/t21-,23+/m1/s1. The molecule has 1 fully saturated rings. The van der Waals surface area contributed by atoms with E-state index in [-0.39, 0.29) is 6.04 Å². The van der Waals surface area contributed by atoms with Gasteiger partial charge in [0.1, 0.15) is 17.5 Å². The number of imidazole rings is 1. The molecule has 5 rings (SSSR count). The number of pyridine rings is 2. The number of aryl methyl sites for hydroxylation is 1. The van der Waals surface area contributed by atoms with Crippen LogP contribution in [0.25, 0.3) is 5.65 Å². The van der Waals surface area contributed by atoms with Crippen LogP contribution in [0.3, 0.4) is 0 Å². The number of nitriles is 1. The summed E-state index contributed by atoms with van der Waals surface area (Å²) < 4.78 is 2.07. The Morgan fingerprint density at radius 1 is 1.18 bits per heavy atom. The molecule has 0 amide bonds. The van der Waals surface area contributed by atoms with Gasteiger partial charge in [0.05, 0.1) is 17.4 Å². The highest BCUT2D eigenvalue weighted by atomic mass is 15.3. The van der Waals surface area contributed by atoms with Crippen LogP contribution in [0.5, 0.6) is 0 Å². The summed E-state index contributed by atoms with van der Waals surface area (Å²) in [6, 6.07) is 13.8. The fourth-order valence-electron chi connectivity index (χ4n) is 5.73. The van der Waals surface area contributed by atoms with Gasteiger partial charge in [-0.2, -0.15) is 5.26 Å². The third-order valence-corrected chi connectivity index (χ3v) is 7.49. The van der Waals surface area contributed by atoms with Crippen molar-refractivity contribution in [2.24, 2.45) is 0 Å². The van der Waals surface area contributed by atoms with E-state index < -0.39 is 0 Å². The van der Waals surface area contributed by atoms with Crippen molar-refractivity contribution in [2.45, 2.75) is 57.7 Å². The molecule has 0 aromatic carbocycles. The monoisotopic (exact) mass is 457 g/mol. The first kappa shape index (κ1) is 22.8. The van der Waals surface area contributed by atoms with Crippen LogP contribution in [0.15, 0.2) is 36.5 Å². The molecule has 3 aromatic rings. The lowest BCUT2D eigenvalue weighted by atomic mass is 9.90. The molecule has 2 aliphatic rings. The Labute approximate surface area is 202 Å². The first-order valence-electron chi connectivity index (χ1n) is 12.6. The smallest absolute Gasteiger partial charge is 0.150 e. The topological polar surface area (TPSA) is 63.7 Å². The van der Waals surface area contributed by atoms with Gasteiger partial charge in [-0.25, -0.2) is 4.98 Å². The number of nitrogens with zero attached hydrogens (tertiary/aromatic N) is 7. The molecule has 1 saturated heterocycles. The van der Waals surface area contributed by atoms with Crippen molar-refractivity contribution in [3.63, 3.8) is 0 Å². The van der Waals surface area contributed by atoms with Crippen molar-refractivity contribution in [1.82, 2.24) is 24.2 Å². The molecule has 34 heavy (non-hydrogen) atoms. The number of rotatable bonds is 7. The molecule has 4 heterocycles. The minimum atomic E-state index is 0.278. The van der Waals surface area contributed by atoms with Crippen molar-refractivity contribution in [3.8, 4) is 6.07 Å². The van der Waals surface area contributed by atoms with Crippen molar-refractivity contribution < 1.29 is 0 Å². The third-order valence-electron chi connectivity index (χ3n) is 7.49. The molecule has 0 saturated carbocycles. The van der Waals surface area contributed by atoms with Gasteiger partial charge in [0.25, 0.3) is 0 Å². The largest absolute Gasteiger partial charge is 0.356 e. The maximum Gasteiger partial charge on any atom is 0.150 e. The minimum Gasteiger partial charge on any atom is -0.356 e. The summed E-state index contributed by atoms with van der Waals surface area (Å²) in [5.74, 6) is 1.07. The maximum absolute atomic E-state index is 10.3. The highest BCUT2D eigenvalue weighted by Gasteiger charge is 2.30. The minimum absolute atomic E-state index is 0.278. The zero-order chi connectivity index (χ0) is 23.7. The van der Waals surface area contributed by atoms with Gasteiger partial charge in [-0.3, -0.25) is 14.3 Å². The molecular formula is C27H35N7. The summed E-state index contributed by atoms with van der Waals surface area (Å²) in [5.41, 5.74) is 4.96. The fourth-order valence-corrected chi connectivity index (χ4v) is 5.73. The Morgan fingerprint density at radius 2 is 2.06 bits per heavy atom. The van der Waals surface area contributed by atoms with E-state index in [2.05, 4.69) is 64.4 Å². The molecule has 1 aliphatic carbocycles. The fraction of sp³-hybridized carbons (Fsp3) is 0.519. The van der Waals surface area contributed by atoms with Crippen LogP contribution in [0, 0.1) is 11.3 Å². The average Bonchev–Trinajstić information content (AvgIpc) is 3.48. The van der Waals surface area contributed by atoms with Crippen molar-refractivity contribution >= 4 is 11.5 Å². The van der Waals surface area contributed by atoms with Crippen LogP contribution in [0.2, 0.25) is 0 Å². The van der Waals surface area contributed by atoms with Gasteiger partial charge in [0.15, 0.2) is 5.69 Å². The van der Waals surface area contributed by atoms with E-state index in [0.29, 0.717) is 18.3 Å². The van der Waals surface area contributed by atoms with E-state index in [1.165, 1.54) is 17.7 Å². The second kappa shape index (κ2) is 9.73. The third kappa shape index (κ3) is 4.17. The molecule has 7 heteroatoms. The van der Waals surface area contributed by atoms with Gasteiger partial charge in [0, 0.05) is 31.9 Å². The van der Waals surface area contributed by atoms with Gasteiger partial charge < -0.3 is 9.80 Å². The summed E-state index contributed by atoms with van der Waals surface area (Å²) in [6.07, 6.45) is 7.47. The lowest BCUT2D eigenvalue weighted by molar-refractivity contribution is 0.164. The van der Waals surface area contributed by atoms with E-state index in [1.54, 1.807) is 0 Å². The van der Waals surface area contributed by atoms with Crippen LogP contribution in [0.4, 0.5) is 5.82 Å². The van der Waals surface area contributed by atoms with E-state index in [0.717, 1.165) is 62.5 Å². The molecule has 1 aliphatic heterocycles. The summed E-state index contributed by atoms with van der Waals surface area (Å²) in [6.45, 7) is 5.81. The van der Waals surface area contributed by atoms with Gasteiger partial charge in [-0.05, 0) is 76.5 Å². The highest BCUT2D eigenvalue weighted by Crippen LogP contribution is 2.34. The van der Waals surface area contributed by atoms with Crippen LogP contribution in [-0.4, -0.2) is 63.9 Å². The van der Waals surface area contributed by atoms with E-state index in [1.807, 2.05) is 18.3 Å². The number of hydrogen-bond donors (Lipinski definition) is 0. The van der Waals surface area contributed by atoms with E-state index in [4.69, 9.17) is 9.97 Å². The molecule has 7 nitrogen and oxygen atoms in total. The number of likely N-dealkylation sites (N-methyl/N-ethyl adjacent to an activating group) is 1. The van der Waals surface area contributed by atoms with Crippen LogP contribution in [0.1, 0.15) is 61.3 Å². The van der Waals surface area contributed by atoms with Crippen LogP contribution in [-0.2, 0) is 13.0 Å². The summed E-state index contributed by atoms with van der Waals surface area (Å²) in [7, 11) is 4.29. The van der Waals surface area contributed by atoms with Gasteiger partial charge >= 0.3 is 0 Å².